The lowest BCUT2D eigenvalue weighted by atomic mass is 10.2. The van der Waals surface area contributed by atoms with Gasteiger partial charge in [-0.25, -0.2) is 8.42 Å². The van der Waals surface area contributed by atoms with Crippen molar-refractivity contribution in [3.63, 3.8) is 0 Å². The maximum absolute atomic E-state index is 12.2. The number of sulfonamides is 1. The first-order valence-electron chi connectivity index (χ1n) is 6.06. The largest absolute Gasteiger partial charge is 0.314 e. The Morgan fingerprint density at radius 2 is 1.75 bits per heavy atom. The van der Waals surface area contributed by atoms with Crippen LogP contribution in [0.3, 0.4) is 0 Å². The minimum Gasteiger partial charge on any atom is -0.314 e. The van der Waals surface area contributed by atoms with Crippen LogP contribution in [0.2, 0.25) is 0 Å². The van der Waals surface area contributed by atoms with Gasteiger partial charge in [0.2, 0.25) is 10.0 Å². The molecule has 0 aromatic heterocycles. The number of piperazine rings is 1. The van der Waals surface area contributed by atoms with Crippen LogP contribution < -0.4 is 5.32 Å². The Labute approximate surface area is 99.5 Å². The summed E-state index contributed by atoms with van der Waals surface area (Å²) in [4.78, 5) is 0. The van der Waals surface area contributed by atoms with Crippen molar-refractivity contribution in [2.24, 2.45) is 5.92 Å². The predicted octanol–water partition coefficient (Wildman–Crippen LogP) is 1.04. The highest BCUT2D eigenvalue weighted by Gasteiger charge is 2.33. The van der Waals surface area contributed by atoms with Crippen LogP contribution in [0, 0.1) is 5.92 Å². The highest BCUT2D eigenvalue weighted by molar-refractivity contribution is 7.89. The van der Waals surface area contributed by atoms with Gasteiger partial charge < -0.3 is 5.32 Å². The molecule has 1 saturated heterocycles. The molecule has 2 atom stereocenters. The van der Waals surface area contributed by atoms with E-state index in [1.165, 1.54) is 0 Å². The Balaban J connectivity index is 2.72. The van der Waals surface area contributed by atoms with Crippen LogP contribution in [0.1, 0.15) is 34.1 Å². The van der Waals surface area contributed by atoms with Gasteiger partial charge in [-0.15, -0.1) is 0 Å². The standard InChI is InChI=1S/C11H24N2O2S/c1-9(2)5-6-16(14,15)13-10(3)7-12-8-11(13)4/h9-12H,5-8H2,1-4H3. The first-order chi connectivity index (χ1) is 7.34. The van der Waals surface area contributed by atoms with Gasteiger partial charge in [-0.05, 0) is 26.2 Å². The zero-order valence-corrected chi connectivity index (χ0v) is 11.5. The van der Waals surface area contributed by atoms with Gasteiger partial charge in [0.25, 0.3) is 0 Å². The van der Waals surface area contributed by atoms with Gasteiger partial charge >= 0.3 is 0 Å². The molecule has 0 aliphatic carbocycles. The third kappa shape index (κ3) is 3.43. The van der Waals surface area contributed by atoms with Gasteiger partial charge in [0.15, 0.2) is 0 Å². The minimum atomic E-state index is -3.08. The average Bonchev–Trinajstić information content (AvgIpc) is 2.14. The molecule has 0 aromatic carbocycles. The van der Waals surface area contributed by atoms with Crippen LogP contribution in [-0.4, -0.2) is 43.6 Å². The van der Waals surface area contributed by atoms with E-state index in [1.54, 1.807) is 4.31 Å². The van der Waals surface area contributed by atoms with E-state index in [4.69, 9.17) is 0 Å². The molecule has 0 aromatic rings. The Bertz CT molecular complexity index is 304. The summed E-state index contributed by atoms with van der Waals surface area (Å²) in [6.07, 6.45) is 0.742. The molecule has 1 fully saturated rings. The summed E-state index contributed by atoms with van der Waals surface area (Å²) < 4.78 is 26.1. The summed E-state index contributed by atoms with van der Waals surface area (Å²) in [5.41, 5.74) is 0. The van der Waals surface area contributed by atoms with Crippen molar-refractivity contribution in [1.29, 1.82) is 0 Å². The molecule has 1 aliphatic rings. The van der Waals surface area contributed by atoms with Crippen molar-refractivity contribution >= 4 is 10.0 Å². The second kappa shape index (κ2) is 5.47. The molecule has 1 heterocycles. The molecule has 96 valence electrons. The van der Waals surface area contributed by atoms with Crippen molar-refractivity contribution in [1.82, 2.24) is 9.62 Å². The van der Waals surface area contributed by atoms with Crippen molar-refractivity contribution in [2.75, 3.05) is 18.8 Å². The van der Waals surface area contributed by atoms with E-state index in [9.17, 15) is 8.42 Å². The normalized spacial score (nSPS) is 28.6. The second-order valence-electron chi connectivity index (χ2n) is 5.18. The minimum absolute atomic E-state index is 0.0703. The lowest BCUT2D eigenvalue weighted by Crippen LogP contribution is -2.57. The molecule has 4 nitrogen and oxygen atoms in total. The summed E-state index contributed by atoms with van der Waals surface area (Å²) in [6.45, 7) is 9.56. The van der Waals surface area contributed by atoms with Gasteiger partial charge in [0, 0.05) is 25.2 Å². The summed E-state index contributed by atoms with van der Waals surface area (Å²) in [7, 11) is -3.08. The number of nitrogens with one attached hydrogen (secondary N) is 1. The highest BCUT2D eigenvalue weighted by Crippen LogP contribution is 2.17. The van der Waals surface area contributed by atoms with Crippen molar-refractivity contribution in [3.05, 3.63) is 0 Å². The van der Waals surface area contributed by atoms with Crippen LogP contribution in [0.4, 0.5) is 0 Å². The number of hydrogen-bond acceptors (Lipinski definition) is 3. The maximum atomic E-state index is 12.2. The molecule has 1 rings (SSSR count). The fourth-order valence-corrected chi connectivity index (χ4v) is 4.38. The second-order valence-corrected chi connectivity index (χ2v) is 7.18. The van der Waals surface area contributed by atoms with Gasteiger partial charge in [-0.3, -0.25) is 0 Å². The lowest BCUT2D eigenvalue weighted by Gasteiger charge is -2.38. The van der Waals surface area contributed by atoms with Crippen molar-refractivity contribution in [2.45, 2.75) is 46.2 Å². The van der Waals surface area contributed by atoms with E-state index in [-0.39, 0.29) is 17.8 Å². The van der Waals surface area contributed by atoms with Crippen LogP contribution >= 0.6 is 0 Å². The molecule has 0 radical (unpaired) electrons. The van der Waals surface area contributed by atoms with E-state index in [1.807, 2.05) is 13.8 Å². The lowest BCUT2D eigenvalue weighted by molar-refractivity contribution is 0.219. The molecule has 1 aliphatic heterocycles. The van der Waals surface area contributed by atoms with Crippen molar-refractivity contribution in [3.8, 4) is 0 Å². The van der Waals surface area contributed by atoms with Crippen molar-refractivity contribution < 1.29 is 8.42 Å². The highest BCUT2D eigenvalue weighted by atomic mass is 32.2. The fourth-order valence-electron chi connectivity index (χ4n) is 2.15. The van der Waals surface area contributed by atoms with E-state index in [2.05, 4.69) is 19.2 Å². The van der Waals surface area contributed by atoms with Crippen LogP contribution in [0.25, 0.3) is 0 Å². The Morgan fingerprint density at radius 3 is 2.19 bits per heavy atom. The Morgan fingerprint density at radius 1 is 1.25 bits per heavy atom. The third-order valence-electron chi connectivity index (χ3n) is 3.02. The van der Waals surface area contributed by atoms with Gasteiger partial charge in [-0.1, -0.05) is 13.8 Å². The molecule has 1 N–H and O–H groups in total. The average molecular weight is 248 g/mol. The predicted molar refractivity (Wildman–Crippen MR) is 66.9 cm³/mol. The van der Waals surface area contributed by atoms with Crippen LogP contribution in [0.5, 0.6) is 0 Å². The van der Waals surface area contributed by atoms with Gasteiger partial charge in [0.1, 0.15) is 0 Å². The van der Waals surface area contributed by atoms with E-state index < -0.39 is 10.0 Å². The van der Waals surface area contributed by atoms with E-state index in [0.29, 0.717) is 5.92 Å². The molecule has 2 unspecified atom stereocenters. The molecule has 0 bridgehead atoms. The van der Waals surface area contributed by atoms with Crippen LogP contribution in [0.15, 0.2) is 0 Å². The molecule has 0 spiro atoms. The summed E-state index contributed by atoms with van der Waals surface area (Å²) in [5.74, 6) is 0.711. The summed E-state index contributed by atoms with van der Waals surface area (Å²) in [5, 5.41) is 3.25. The summed E-state index contributed by atoms with van der Waals surface area (Å²) >= 11 is 0. The number of nitrogens with zero attached hydrogens (tertiary/aromatic N) is 1. The van der Waals surface area contributed by atoms with Crippen LogP contribution in [-0.2, 0) is 10.0 Å². The third-order valence-corrected chi connectivity index (χ3v) is 5.14. The fraction of sp³-hybridized carbons (Fsp3) is 1.00. The Kier molecular flexibility index (Phi) is 4.76. The monoisotopic (exact) mass is 248 g/mol. The quantitative estimate of drug-likeness (QED) is 0.809. The SMILES string of the molecule is CC(C)CCS(=O)(=O)N1C(C)CNCC1C. The maximum Gasteiger partial charge on any atom is 0.214 e. The van der Waals surface area contributed by atoms with E-state index in [0.717, 1.165) is 19.5 Å². The topological polar surface area (TPSA) is 49.4 Å². The zero-order valence-electron chi connectivity index (χ0n) is 10.7. The summed E-state index contributed by atoms with van der Waals surface area (Å²) in [6, 6.07) is 0.141. The molecular weight excluding hydrogens is 224 g/mol. The van der Waals surface area contributed by atoms with Gasteiger partial charge in [0.05, 0.1) is 5.75 Å². The van der Waals surface area contributed by atoms with E-state index >= 15 is 0 Å². The molecule has 0 saturated carbocycles. The molecular formula is C11H24N2O2S. The Hall–Kier alpha value is -0.130. The smallest absolute Gasteiger partial charge is 0.214 e. The first-order valence-corrected chi connectivity index (χ1v) is 7.67. The van der Waals surface area contributed by atoms with Gasteiger partial charge in [-0.2, -0.15) is 4.31 Å². The number of rotatable bonds is 4. The molecule has 16 heavy (non-hydrogen) atoms. The zero-order chi connectivity index (χ0) is 12.3. The molecule has 0 amide bonds. The molecule has 5 heteroatoms. The first kappa shape index (κ1) is 13.9. The number of hydrogen-bond donors (Lipinski definition) is 1.